The van der Waals surface area contributed by atoms with Gasteiger partial charge in [-0.3, -0.25) is 19.2 Å². The minimum Gasteiger partial charge on any atom is -0.495 e. The number of nitrogens with zero attached hydrogens (tertiary/aromatic N) is 1. The Morgan fingerprint density at radius 2 is 1.58 bits per heavy atom. The third-order valence-electron chi connectivity index (χ3n) is 7.27. The van der Waals surface area contributed by atoms with Crippen molar-refractivity contribution in [3.8, 4) is 5.75 Å². The molecule has 3 aromatic rings. The molecule has 6 rings (SSSR count). The summed E-state index contributed by atoms with van der Waals surface area (Å²) in [5, 5.41) is 0.296. The van der Waals surface area contributed by atoms with Crippen LogP contribution >= 0.6 is 11.6 Å². The van der Waals surface area contributed by atoms with Crippen LogP contribution in [0.5, 0.6) is 5.75 Å². The van der Waals surface area contributed by atoms with Gasteiger partial charge in [-0.1, -0.05) is 65.7 Å². The number of halogens is 1. The quantitative estimate of drug-likeness (QED) is 0.391. The molecule has 0 bridgehead atoms. The van der Waals surface area contributed by atoms with Crippen LogP contribution in [0.3, 0.4) is 0 Å². The van der Waals surface area contributed by atoms with E-state index < -0.39 is 46.9 Å². The molecule has 1 spiro atoms. The molecular formula is C28H20ClNO6. The topological polar surface area (TPSA) is 90.0 Å². The summed E-state index contributed by atoms with van der Waals surface area (Å²) in [6, 6.07) is 18.3. The SMILES string of the molecule is COc1ccc(Cl)cc1N1C(=O)[C@@H]2[C@@H](c3cccc(C)c3)OC3(C(=O)c4ccccc4C3=O)[C@@H]2C1=O. The summed E-state index contributed by atoms with van der Waals surface area (Å²) in [4.78, 5) is 56.6. The molecular weight excluding hydrogens is 482 g/mol. The molecule has 2 heterocycles. The number of imide groups is 1. The van der Waals surface area contributed by atoms with E-state index in [0.717, 1.165) is 10.5 Å². The molecule has 0 unspecified atom stereocenters. The number of aryl methyl sites for hydroxylation is 1. The van der Waals surface area contributed by atoms with Crippen molar-refractivity contribution < 1.29 is 28.7 Å². The van der Waals surface area contributed by atoms with Crippen LogP contribution < -0.4 is 9.64 Å². The summed E-state index contributed by atoms with van der Waals surface area (Å²) >= 11 is 6.20. The normalized spacial score (nSPS) is 24.0. The molecule has 0 N–H and O–H groups in total. The van der Waals surface area contributed by atoms with Crippen molar-refractivity contribution in [3.63, 3.8) is 0 Å². The second-order valence-electron chi connectivity index (χ2n) is 9.22. The van der Waals surface area contributed by atoms with Crippen molar-refractivity contribution >= 4 is 40.7 Å². The minimum absolute atomic E-state index is 0.156. The summed E-state index contributed by atoms with van der Waals surface area (Å²) in [6.45, 7) is 1.89. The van der Waals surface area contributed by atoms with Gasteiger partial charge in [-0.25, -0.2) is 4.90 Å². The third kappa shape index (κ3) is 2.84. The number of carbonyl (C=O) groups excluding carboxylic acids is 4. The van der Waals surface area contributed by atoms with Crippen molar-refractivity contribution in [2.24, 2.45) is 11.8 Å². The van der Waals surface area contributed by atoms with Gasteiger partial charge in [0.25, 0.3) is 0 Å². The molecule has 0 radical (unpaired) electrons. The second kappa shape index (κ2) is 7.85. The van der Waals surface area contributed by atoms with E-state index >= 15 is 0 Å². The van der Waals surface area contributed by atoms with E-state index in [9.17, 15) is 19.2 Å². The third-order valence-corrected chi connectivity index (χ3v) is 7.51. The smallest absolute Gasteiger partial charge is 0.241 e. The Balaban J connectivity index is 1.57. The molecule has 0 aromatic heterocycles. The molecule has 3 aromatic carbocycles. The number of anilines is 1. The summed E-state index contributed by atoms with van der Waals surface area (Å²) in [7, 11) is 1.42. The molecule has 36 heavy (non-hydrogen) atoms. The maximum atomic E-state index is 14.0. The number of amides is 2. The van der Waals surface area contributed by atoms with Crippen LogP contribution in [-0.4, -0.2) is 36.1 Å². The summed E-state index contributed by atoms with van der Waals surface area (Å²) in [5.74, 6) is -4.66. The molecule has 3 atom stereocenters. The lowest BCUT2D eigenvalue weighted by Crippen LogP contribution is -2.51. The highest BCUT2D eigenvalue weighted by atomic mass is 35.5. The maximum absolute atomic E-state index is 14.0. The number of hydrogen-bond acceptors (Lipinski definition) is 6. The van der Waals surface area contributed by atoms with Crippen molar-refractivity contribution in [3.05, 3.63) is 94.0 Å². The Hall–Kier alpha value is -3.81. The van der Waals surface area contributed by atoms with E-state index in [2.05, 4.69) is 0 Å². The lowest BCUT2D eigenvalue weighted by molar-refractivity contribution is -0.127. The Labute approximate surface area is 211 Å². The van der Waals surface area contributed by atoms with Crippen LogP contribution in [-0.2, 0) is 14.3 Å². The minimum atomic E-state index is -2.13. The fourth-order valence-electron chi connectivity index (χ4n) is 5.74. The van der Waals surface area contributed by atoms with E-state index in [1.165, 1.54) is 13.2 Å². The average molecular weight is 502 g/mol. The number of carbonyl (C=O) groups is 4. The van der Waals surface area contributed by atoms with Crippen molar-refractivity contribution in [2.45, 2.75) is 18.6 Å². The number of ketones is 2. The van der Waals surface area contributed by atoms with Crippen LogP contribution in [0, 0.1) is 18.8 Å². The van der Waals surface area contributed by atoms with Gasteiger partial charge < -0.3 is 9.47 Å². The number of rotatable bonds is 3. The van der Waals surface area contributed by atoms with Crippen LogP contribution in [0.25, 0.3) is 0 Å². The Morgan fingerprint density at radius 3 is 2.22 bits per heavy atom. The lowest BCUT2D eigenvalue weighted by atomic mass is 9.77. The molecule has 2 amide bonds. The van der Waals surface area contributed by atoms with Crippen molar-refractivity contribution in [1.29, 1.82) is 0 Å². The van der Waals surface area contributed by atoms with Gasteiger partial charge in [-0.2, -0.15) is 0 Å². The van der Waals surface area contributed by atoms with Crippen LogP contribution in [0.4, 0.5) is 5.69 Å². The molecule has 2 saturated heterocycles. The monoisotopic (exact) mass is 501 g/mol. The number of benzene rings is 3. The van der Waals surface area contributed by atoms with Gasteiger partial charge in [-0.15, -0.1) is 0 Å². The highest BCUT2D eigenvalue weighted by Gasteiger charge is 2.74. The second-order valence-corrected chi connectivity index (χ2v) is 9.66. The van der Waals surface area contributed by atoms with Gasteiger partial charge in [-0.05, 0) is 30.7 Å². The Bertz CT molecular complexity index is 1460. The first-order valence-electron chi connectivity index (χ1n) is 11.4. The van der Waals surface area contributed by atoms with E-state index in [1.807, 2.05) is 19.1 Å². The summed E-state index contributed by atoms with van der Waals surface area (Å²) in [6.07, 6.45) is -0.983. The van der Waals surface area contributed by atoms with Crippen molar-refractivity contribution in [2.75, 3.05) is 12.0 Å². The predicted octanol–water partition coefficient (Wildman–Crippen LogP) is 4.35. The Morgan fingerprint density at radius 1 is 0.889 bits per heavy atom. The number of ether oxygens (including phenoxy) is 2. The molecule has 2 aliphatic heterocycles. The van der Waals surface area contributed by atoms with E-state index in [0.29, 0.717) is 10.6 Å². The molecule has 1 aliphatic carbocycles. The zero-order valence-electron chi connectivity index (χ0n) is 19.4. The molecule has 2 fully saturated rings. The van der Waals surface area contributed by atoms with Gasteiger partial charge in [0.1, 0.15) is 5.75 Å². The maximum Gasteiger partial charge on any atom is 0.241 e. The molecule has 3 aliphatic rings. The Kier molecular flexibility index (Phi) is 4.94. The lowest BCUT2D eigenvalue weighted by Gasteiger charge is -2.27. The first kappa shape index (κ1) is 22.6. The number of hydrogen-bond donors (Lipinski definition) is 0. The average Bonchev–Trinajstić information content (AvgIpc) is 3.44. The van der Waals surface area contributed by atoms with Gasteiger partial charge >= 0.3 is 0 Å². The largest absolute Gasteiger partial charge is 0.495 e. The number of Topliss-reactive ketones (excluding diaryl/α,β-unsaturated/α-hetero) is 2. The molecule has 0 saturated carbocycles. The number of fused-ring (bicyclic) bond motifs is 3. The van der Waals surface area contributed by atoms with Crippen LogP contribution in [0.2, 0.25) is 5.02 Å². The highest BCUT2D eigenvalue weighted by Crippen LogP contribution is 2.58. The standard InChI is InChI=1S/C28H20ClNO6/c1-14-6-5-7-15(12-14)23-21-22(28(36-23)24(31)17-8-3-4-9-18(17)25(28)32)27(34)30(26(21)33)19-13-16(29)10-11-20(19)35-2/h3-13,21-23H,1-2H3/t21-,22-,23+/m0/s1. The number of methoxy groups -OCH3 is 1. The van der Waals surface area contributed by atoms with Gasteiger partial charge in [0.05, 0.1) is 30.7 Å². The van der Waals surface area contributed by atoms with E-state index in [-0.39, 0.29) is 22.6 Å². The zero-order chi connectivity index (χ0) is 25.4. The van der Waals surface area contributed by atoms with Crippen LogP contribution in [0.15, 0.2) is 66.7 Å². The van der Waals surface area contributed by atoms with Gasteiger partial charge in [0.15, 0.2) is 0 Å². The molecule has 8 heteroatoms. The van der Waals surface area contributed by atoms with Gasteiger partial charge in [0, 0.05) is 16.1 Å². The first-order valence-corrected chi connectivity index (χ1v) is 11.8. The fraction of sp³-hybridized carbons (Fsp3) is 0.214. The highest BCUT2D eigenvalue weighted by molar-refractivity contribution is 6.37. The van der Waals surface area contributed by atoms with E-state index in [4.69, 9.17) is 21.1 Å². The summed E-state index contributed by atoms with van der Waals surface area (Å²) < 4.78 is 11.7. The van der Waals surface area contributed by atoms with Crippen LogP contribution in [0.1, 0.15) is 37.9 Å². The van der Waals surface area contributed by atoms with Gasteiger partial charge in [0.2, 0.25) is 29.0 Å². The van der Waals surface area contributed by atoms with Crippen molar-refractivity contribution in [1.82, 2.24) is 0 Å². The zero-order valence-corrected chi connectivity index (χ0v) is 20.1. The fourth-order valence-corrected chi connectivity index (χ4v) is 5.91. The van der Waals surface area contributed by atoms with E-state index in [1.54, 1.807) is 48.5 Å². The summed E-state index contributed by atoms with van der Waals surface area (Å²) in [5.41, 5.74) is -0.0836. The first-order chi connectivity index (χ1) is 17.3. The molecule has 7 nitrogen and oxygen atoms in total. The predicted molar refractivity (Wildman–Crippen MR) is 130 cm³/mol. The molecule has 180 valence electrons.